The molecule has 5 N–H and O–H groups in total. The maximum Gasteiger partial charge on any atom is 0.251 e. The van der Waals surface area contributed by atoms with Crippen LogP contribution in [0.4, 0.5) is 5.69 Å². The van der Waals surface area contributed by atoms with Gasteiger partial charge in [0.25, 0.3) is 5.91 Å². The molecule has 7 aromatic rings. The fraction of sp³-hybridized carbons (Fsp3) is 0.431. The van der Waals surface area contributed by atoms with Gasteiger partial charge in [-0.15, -0.1) is 26.6 Å². The van der Waals surface area contributed by atoms with Crippen LogP contribution in [0.1, 0.15) is 117 Å². The molecule has 4 amide bonds. The Bertz CT molecular complexity index is 3120. The molecular formula is C58H72N14O6S. The van der Waals surface area contributed by atoms with E-state index in [2.05, 4.69) is 56.7 Å². The molecule has 1 aliphatic rings. The molecule has 0 saturated carbocycles. The summed E-state index contributed by atoms with van der Waals surface area (Å²) in [5, 5.41) is 40.1. The molecular weight excluding hydrogens is 1020 g/mol. The van der Waals surface area contributed by atoms with Crippen LogP contribution in [0, 0.1) is 12.3 Å². The van der Waals surface area contributed by atoms with Crippen molar-refractivity contribution >= 4 is 40.7 Å². The fourth-order valence-electron chi connectivity index (χ4n) is 9.41. The molecule has 21 heteroatoms. The van der Waals surface area contributed by atoms with Crippen molar-refractivity contribution in [1.29, 1.82) is 0 Å². The molecule has 8 rings (SSSR count). The first-order chi connectivity index (χ1) is 38.2. The topological polar surface area (TPSA) is 249 Å². The maximum absolute atomic E-state index is 14.1. The summed E-state index contributed by atoms with van der Waals surface area (Å²) in [6, 6.07) is 23.1. The highest BCUT2D eigenvalue weighted by atomic mass is 32.1. The van der Waals surface area contributed by atoms with Crippen molar-refractivity contribution in [1.82, 2.24) is 65.6 Å². The Morgan fingerprint density at radius 2 is 1.65 bits per heavy atom. The molecule has 3 aromatic carbocycles. The highest BCUT2D eigenvalue weighted by molar-refractivity contribution is 7.13. The quantitative estimate of drug-likeness (QED) is 0.0315. The number of aliphatic hydroxyl groups is 1. The third-order valence-corrected chi connectivity index (χ3v) is 14.9. The van der Waals surface area contributed by atoms with Crippen molar-refractivity contribution in [2.45, 2.75) is 136 Å². The molecule has 1 saturated heterocycles. The first-order valence-corrected chi connectivity index (χ1v) is 28.0. The molecule has 20 nitrogen and oxygen atoms in total. The van der Waals surface area contributed by atoms with Crippen molar-refractivity contribution in [2.75, 3.05) is 18.5 Å². The Morgan fingerprint density at radius 3 is 2.43 bits per heavy atom. The number of ether oxygens (including phenoxy) is 1. The van der Waals surface area contributed by atoms with Crippen molar-refractivity contribution in [2.24, 2.45) is 12.5 Å². The number of nitrogens with zero attached hydrogens (tertiary/aromatic N) is 10. The lowest BCUT2D eigenvalue weighted by Crippen LogP contribution is -2.57. The van der Waals surface area contributed by atoms with Gasteiger partial charge in [-0.1, -0.05) is 87.7 Å². The molecule has 0 bridgehead atoms. The number of unbranched alkanes of at least 4 members (excludes halogenated alkanes) is 5. The minimum Gasteiger partial charge on any atom is -0.494 e. The van der Waals surface area contributed by atoms with Gasteiger partial charge in [-0.05, 0) is 97.5 Å². The van der Waals surface area contributed by atoms with Gasteiger partial charge in [-0.25, -0.2) is 15.0 Å². The van der Waals surface area contributed by atoms with Crippen molar-refractivity contribution < 1.29 is 29.0 Å². The smallest absolute Gasteiger partial charge is 0.251 e. The normalized spacial score (nSPS) is 14.7. The molecule has 416 valence electrons. The van der Waals surface area contributed by atoms with Gasteiger partial charge in [-0.2, -0.15) is 0 Å². The van der Waals surface area contributed by atoms with Crippen LogP contribution >= 0.6 is 11.3 Å². The van der Waals surface area contributed by atoms with E-state index in [1.54, 1.807) is 29.7 Å². The van der Waals surface area contributed by atoms with E-state index in [-0.39, 0.29) is 49.6 Å². The number of aryl methyl sites for hydroxylation is 3. The summed E-state index contributed by atoms with van der Waals surface area (Å²) in [5.74, 6) is 0.982. The summed E-state index contributed by atoms with van der Waals surface area (Å²) in [4.78, 5) is 69.0. The lowest BCUT2D eigenvalue weighted by Gasteiger charge is -2.35. The van der Waals surface area contributed by atoms with Gasteiger partial charge in [0.2, 0.25) is 17.7 Å². The Hall–Kier alpha value is -7.91. The van der Waals surface area contributed by atoms with E-state index in [9.17, 15) is 24.3 Å². The number of anilines is 1. The number of thiazole rings is 1. The second-order valence-electron chi connectivity index (χ2n) is 21.1. The largest absolute Gasteiger partial charge is 0.494 e. The standard InChI is InChI=1S/C58H72N14O6S/c1-39-52(79-38-64-39)42-23-21-40(22-24-42)32-62-56(76)49-31-46(73)36-72(49)57(77)53(58(2,3)4)65-51(74)20-10-9-17-45-35-71(69-66-45)27-11-7-6-8-12-28-78-47-19-13-15-41(29-47)33-61-55(75)43-16-14-18-44(30-43)60-34-50-67-68-54(70(50)5)48-25-26-59-37-63-48/h13-16,18-19,21-26,29-30,35,37-38,46,49,53,60,73H,6-12,17,20,27-28,31-34,36H2,1-5H3,(H,61,75)(H,62,76)(H,65,74)/t46-,49+,53-/m1/s1. The number of likely N-dealkylation sites (tertiary alicyclic amines) is 1. The van der Waals surface area contributed by atoms with E-state index in [4.69, 9.17) is 4.74 Å². The molecule has 79 heavy (non-hydrogen) atoms. The third kappa shape index (κ3) is 16.3. The van der Waals surface area contributed by atoms with E-state index in [0.717, 1.165) is 95.3 Å². The minimum absolute atomic E-state index is 0.0165. The zero-order chi connectivity index (χ0) is 55.7. The van der Waals surface area contributed by atoms with E-state index in [0.29, 0.717) is 49.6 Å². The number of benzene rings is 3. The summed E-state index contributed by atoms with van der Waals surface area (Å²) in [6.45, 7) is 10.1. The number of carbonyl (C=O) groups excluding carboxylic acids is 4. The molecule has 1 aliphatic heterocycles. The van der Waals surface area contributed by atoms with Gasteiger partial charge >= 0.3 is 0 Å². The minimum atomic E-state index is -0.884. The molecule has 0 radical (unpaired) electrons. The van der Waals surface area contributed by atoms with Crippen LogP contribution in [0.15, 0.2) is 103 Å². The predicted molar refractivity (Wildman–Crippen MR) is 301 cm³/mol. The molecule has 1 fully saturated rings. The molecule has 0 aliphatic carbocycles. The average molecular weight is 1090 g/mol. The van der Waals surface area contributed by atoms with Crippen LogP contribution in [0.2, 0.25) is 0 Å². The Morgan fingerprint density at radius 1 is 0.848 bits per heavy atom. The summed E-state index contributed by atoms with van der Waals surface area (Å²) >= 11 is 1.58. The van der Waals surface area contributed by atoms with Crippen LogP contribution in [0.25, 0.3) is 22.0 Å². The number of hydrogen-bond acceptors (Lipinski definition) is 15. The van der Waals surface area contributed by atoms with Gasteiger partial charge < -0.3 is 40.6 Å². The summed E-state index contributed by atoms with van der Waals surface area (Å²) < 4.78 is 9.82. The maximum atomic E-state index is 14.1. The predicted octanol–water partition coefficient (Wildman–Crippen LogP) is 7.39. The van der Waals surface area contributed by atoms with E-state index in [1.807, 2.05) is 122 Å². The summed E-state index contributed by atoms with van der Waals surface area (Å²) in [6.07, 6.45) is 11.7. The van der Waals surface area contributed by atoms with E-state index >= 15 is 0 Å². The van der Waals surface area contributed by atoms with Crippen LogP contribution in [-0.4, -0.2) is 110 Å². The first-order valence-electron chi connectivity index (χ1n) is 27.1. The first kappa shape index (κ1) is 57.3. The Labute approximate surface area is 465 Å². The SMILES string of the molecule is Cc1ncsc1-c1ccc(CNC(=O)[C@@H]2C[C@@H](O)CN2C(=O)[C@@H](NC(=O)CCCCc2cn(CCCCCCCOc3cccc(CNC(=O)c4cccc(NCc5nnc(-c6ccncn6)n5C)c4)c3)nn2)C(C)(C)C)cc1. The van der Waals surface area contributed by atoms with Gasteiger partial charge in [0.05, 0.1) is 41.0 Å². The molecule has 0 unspecified atom stereocenters. The molecule has 3 atom stereocenters. The number of aliphatic hydroxyl groups excluding tert-OH is 1. The number of amides is 4. The zero-order valence-electron chi connectivity index (χ0n) is 45.7. The number of nitrogens with one attached hydrogen (secondary N) is 4. The number of aromatic nitrogens is 9. The van der Waals surface area contributed by atoms with Crippen molar-refractivity contribution in [3.05, 3.63) is 137 Å². The Kier molecular flexibility index (Phi) is 20.0. The molecule has 4 aromatic heterocycles. The van der Waals surface area contributed by atoms with Crippen LogP contribution in [0.5, 0.6) is 5.75 Å². The zero-order valence-corrected chi connectivity index (χ0v) is 46.5. The number of hydrogen-bond donors (Lipinski definition) is 5. The fourth-order valence-corrected chi connectivity index (χ4v) is 10.2. The molecule has 0 spiro atoms. The van der Waals surface area contributed by atoms with E-state index < -0.39 is 23.6 Å². The molecule has 5 heterocycles. The van der Waals surface area contributed by atoms with Crippen LogP contribution in [-0.2, 0) is 54.0 Å². The van der Waals surface area contributed by atoms with Gasteiger partial charge in [0, 0.05) is 69.7 Å². The number of rotatable bonds is 27. The van der Waals surface area contributed by atoms with Crippen molar-refractivity contribution in [3.8, 4) is 27.7 Å². The summed E-state index contributed by atoms with van der Waals surface area (Å²) in [5.41, 5.74) is 7.94. The third-order valence-electron chi connectivity index (χ3n) is 13.9. The van der Waals surface area contributed by atoms with Crippen molar-refractivity contribution in [3.63, 3.8) is 0 Å². The van der Waals surface area contributed by atoms with Crippen LogP contribution < -0.4 is 26.0 Å². The van der Waals surface area contributed by atoms with Crippen LogP contribution in [0.3, 0.4) is 0 Å². The Balaban J connectivity index is 0.671. The second-order valence-corrected chi connectivity index (χ2v) is 22.0. The van der Waals surface area contributed by atoms with Gasteiger partial charge in [0.1, 0.15) is 29.9 Å². The highest BCUT2D eigenvalue weighted by Crippen LogP contribution is 2.29. The monoisotopic (exact) mass is 1090 g/mol. The van der Waals surface area contributed by atoms with Gasteiger partial charge in [0.15, 0.2) is 11.6 Å². The van der Waals surface area contributed by atoms with E-state index in [1.165, 1.54) is 11.2 Å². The number of β-amino-alcohol motifs (C(OH)–C–C–N with tert-alkyl or cyclic N) is 1. The second kappa shape index (κ2) is 27.6. The number of carbonyl (C=O) groups is 4. The average Bonchev–Trinajstić information content (AvgIpc) is 4.34. The lowest BCUT2D eigenvalue weighted by molar-refractivity contribution is -0.144. The highest BCUT2D eigenvalue weighted by Gasteiger charge is 2.44. The van der Waals surface area contributed by atoms with Gasteiger partial charge in [-0.3, -0.25) is 23.9 Å². The summed E-state index contributed by atoms with van der Waals surface area (Å²) in [7, 11) is 1.88. The lowest BCUT2D eigenvalue weighted by atomic mass is 9.85.